The fourth-order valence-corrected chi connectivity index (χ4v) is 3.18. The van der Waals surface area contributed by atoms with Crippen LogP contribution in [-0.4, -0.2) is 4.98 Å². The minimum atomic E-state index is -0.292. The summed E-state index contributed by atoms with van der Waals surface area (Å²) in [6.45, 7) is 2.19. The van der Waals surface area contributed by atoms with Crippen molar-refractivity contribution in [1.82, 2.24) is 4.98 Å². The molecule has 0 spiro atoms. The predicted octanol–water partition coefficient (Wildman–Crippen LogP) is 4.54. The zero-order valence-electron chi connectivity index (χ0n) is 11.7. The van der Waals surface area contributed by atoms with Crippen LogP contribution in [0.4, 0.5) is 4.39 Å². The van der Waals surface area contributed by atoms with Crippen LogP contribution in [0.5, 0.6) is 0 Å². The molecule has 1 aromatic carbocycles. The first kappa shape index (κ1) is 14.0. The number of halogens is 2. The lowest BCUT2D eigenvalue weighted by atomic mass is 9.82. The number of hydrogen-bond acceptors (Lipinski definition) is 2. The van der Waals surface area contributed by atoms with Gasteiger partial charge in [0.15, 0.2) is 0 Å². The van der Waals surface area contributed by atoms with Crippen LogP contribution in [0.1, 0.15) is 30.2 Å². The number of fused-ring (bicyclic) bond motifs is 1. The maximum Gasteiger partial charge on any atom is 0.147 e. The molecule has 0 amide bonds. The van der Waals surface area contributed by atoms with Crippen molar-refractivity contribution in [1.29, 1.82) is 5.26 Å². The van der Waals surface area contributed by atoms with E-state index in [1.165, 1.54) is 12.1 Å². The van der Waals surface area contributed by atoms with Gasteiger partial charge in [0.1, 0.15) is 17.0 Å². The molecule has 2 nitrogen and oxygen atoms in total. The van der Waals surface area contributed by atoms with Gasteiger partial charge in [0.25, 0.3) is 0 Å². The Labute approximate surface area is 128 Å². The van der Waals surface area contributed by atoms with Gasteiger partial charge in [-0.2, -0.15) is 5.26 Å². The second kappa shape index (κ2) is 5.46. The summed E-state index contributed by atoms with van der Waals surface area (Å²) < 4.78 is 13.2. The second-order valence-corrected chi connectivity index (χ2v) is 5.90. The SMILES string of the molecule is C[C@H]1CCc2nc(Cl)c(C#N)c(-c3ccc(F)cc3)c2C1. The van der Waals surface area contributed by atoms with Crippen LogP contribution in [0.3, 0.4) is 0 Å². The highest BCUT2D eigenvalue weighted by atomic mass is 35.5. The van der Waals surface area contributed by atoms with Crippen molar-refractivity contribution in [2.45, 2.75) is 26.2 Å². The summed E-state index contributed by atoms with van der Waals surface area (Å²) in [4.78, 5) is 4.39. The standard InChI is InChI=1S/C17H14ClFN2/c1-10-2-7-15-13(8-10)16(14(9-20)17(18)21-15)11-3-5-12(19)6-4-11/h3-6,10H,2,7-8H2,1H3/t10-/m0/s1. The highest BCUT2D eigenvalue weighted by Gasteiger charge is 2.24. The Kier molecular flexibility index (Phi) is 3.65. The molecular weight excluding hydrogens is 287 g/mol. The minimum absolute atomic E-state index is 0.241. The van der Waals surface area contributed by atoms with Crippen LogP contribution in [-0.2, 0) is 12.8 Å². The molecule has 0 saturated carbocycles. The Hall–Kier alpha value is -1.92. The summed E-state index contributed by atoms with van der Waals surface area (Å²) in [5.41, 5.74) is 4.08. The third-order valence-electron chi connectivity index (χ3n) is 4.01. The van der Waals surface area contributed by atoms with Gasteiger partial charge in [0, 0.05) is 11.3 Å². The Bertz CT molecular complexity index is 732. The van der Waals surface area contributed by atoms with Crippen LogP contribution in [0.15, 0.2) is 24.3 Å². The molecule has 4 heteroatoms. The minimum Gasteiger partial charge on any atom is -0.239 e. The van der Waals surface area contributed by atoms with Crippen LogP contribution >= 0.6 is 11.6 Å². The Morgan fingerprint density at radius 3 is 2.71 bits per heavy atom. The number of hydrogen-bond donors (Lipinski definition) is 0. The Morgan fingerprint density at radius 1 is 1.33 bits per heavy atom. The molecule has 21 heavy (non-hydrogen) atoms. The molecule has 0 N–H and O–H groups in total. The van der Waals surface area contributed by atoms with Crippen LogP contribution in [0.2, 0.25) is 5.15 Å². The van der Waals surface area contributed by atoms with Gasteiger partial charge >= 0.3 is 0 Å². The molecule has 1 aromatic heterocycles. The Morgan fingerprint density at radius 2 is 2.05 bits per heavy atom. The normalized spacial score (nSPS) is 17.1. The van der Waals surface area contributed by atoms with E-state index >= 15 is 0 Å². The predicted molar refractivity (Wildman–Crippen MR) is 80.5 cm³/mol. The quantitative estimate of drug-likeness (QED) is 0.725. The number of nitriles is 1. The fraction of sp³-hybridized carbons (Fsp3) is 0.294. The lowest BCUT2D eigenvalue weighted by molar-refractivity contribution is 0.494. The van der Waals surface area contributed by atoms with Gasteiger partial charge in [0.05, 0.1) is 5.56 Å². The topological polar surface area (TPSA) is 36.7 Å². The highest BCUT2D eigenvalue weighted by molar-refractivity contribution is 6.31. The molecule has 0 aliphatic heterocycles. The summed E-state index contributed by atoms with van der Waals surface area (Å²) in [6, 6.07) is 8.36. The van der Waals surface area contributed by atoms with Crippen LogP contribution in [0.25, 0.3) is 11.1 Å². The van der Waals surface area contributed by atoms with Gasteiger partial charge in [-0.3, -0.25) is 0 Å². The van der Waals surface area contributed by atoms with Gasteiger partial charge in [-0.05, 0) is 48.4 Å². The summed E-state index contributed by atoms with van der Waals surface area (Å²) in [5, 5.41) is 9.67. The molecular formula is C17H14ClFN2. The molecule has 1 atom stereocenters. The third kappa shape index (κ3) is 2.52. The van der Waals surface area contributed by atoms with Gasteiger partial charge in [-0.25, -0.2) is 9.37 Å². The number of aryl methyl sites for hydroxylation is 1. The lowest BCUT2D eigenvalue weighted by Crippen LogP contribution is -2.15. The van der Waals surface area contributed by atoms with Crippen LogP contribution < -0.4 is 0 Å². The molecule has 0 radical (unpaired) electrons. The first-order chi connectivity index (χ1) is 10.1. The van der Waals surface area contributed by atoms with Crippen molar-refractivity contribution in [2.24, 2.45) is 5.92 Å². The summed E-state index contributed by atoms with van der Waals surface area (Å²) in [7, 11) is 0. The molecule has 106 valence electrons. The average Bonchev–Trinajstić information content (AvgIpc) is 2.47. The summed E-state index contributed by atoms with van der Waals surface area (Å²) in [6.07, 6.45) is 2.82. The monoisotopic (exact) mass is 300 g/mol. The van der Waals surface area contributed by atoms with E-state index < -0.39 is 0 Å². The zero-order valence-corrected chi connectivity index (χ0v) is 12.4. The van der Waals surface area contributed by atoms with Crippen molar-refractivity contribution in [2.75, 3.05) is 0 Å². The van der Waals surface area contributed by atoms with E-state index in [4.69, 9.17) is 11.6 Å². The van der Waals surface area contributed by atoms with E-state index in [1.54, 1.807) is 12.1 Å². The number of benzene rings is 1. The highest BCUT2D eigenvalue weighted by Crippen LogP contribution is 2.37. The summed E-state index contributed by atoms with van der Waals surface area (Å²) >= 11 is 6.18. The van der Waals surface area contributed by atoms with E-state index in [-0.39, 0.29) is 11.0 Å². The fourth-order valence-electron chi connectivity index (χ4n) is 2.94. The molecule has 0 fully saturated rings. The molecule has 0 bridgehead atoms. The largest absolute Gasteiger partial charge is 0.239 e. The van der Waals surface area contributed by atoms with E-state index in [9.17, 15) is 9.65 Å². The van der Waals surface area contributed by atoms with Crippen molar-refractivity contribution in [3.05, 3.63) is 52.1 Å². The third-order valence-corrected chi connectivity index (χ3v) is 4.28. The zero-order chi connectivity index (χ0) is 15.0. The van der Waals surface area contributed by atoms with Gasteiger partial charge in [0.2, 0.25) is 0 Å². The first-order valence-corrected chi connectivity index (χ1v) is 7.35. The molecule has 3 rings (SSSR count). The average molecular weight is 301 g/mol. The maximum atomic E-state index is 13.2. The van der Waals surface area contributed by atoms with Crippen molar-refractivity contribution in [3.8, 4) is 17.2 Å². The number of nitrogens with zero attached hydrogens (tertiary/aromatic N) is 2. The smallest absolute Gasteiger partial charge is 0.147 e. The second-order valence-electron chi connectivity index (χ2n) is 5.54. The maximum absolute atomic E-state index is 13.2. The number of pyridine rings is 1. The number of rotatable bonds is 1. The lowest BCUT2D eigenvalue weighted by Gasteiger charge is -2.24. The first-order valence-electron chi connectivity index (χ1n) is 6.97. The molecule has 0 saturated heterocycles. The number of aromatic nitrogens is 1. The van der Waals surface area contributed by atoms with Gasteiger partial charge in [-0.1, -0.05) is 30.7 Å². The van der Waals surface area contributed by atoms with Crippen molar-refractivity contribution < 1.29 is 4.39 Å². The van der Waals surface area contributed by atoms with Gasteiger partial charge in [-0.15, -0.1) is 0 Å². The van der Waals surface area contributed by atoms with Crippen molar-refractivity contribution >= 4 is 11.6 Å². The molecule has 1 heterocycles. The van der Waals surface area contributed by atoms with Crippen molar-refractivity contribution in [3.63, 3.8) is 0 Å². The van der Waals surface area contributed by atoms with E-state index in [0.29, 0.717) is 11.5 Å². The van der Waals surface area contributed by atoms with E-state index in [0.717, 1.165) is 41.6 Å². The molecule has 1 aliphatic rings. The molecule has 2 aromatic rings. The van der Waals surface area contributed by atoms with E-state index in [2.05, 4.69) is 18.0 Å². The van der Waals surface area contributed by atoms with Gasteiger partial charge < -0.3 is 0 Å². The van der Waals surface area contributed by atoms with E-state index in [1.807, 2.05) is 0 Å². The Balaban J connectivity index is 2.28. The van der Waals surface area contributed by atoms with Crippen LogP contribution in [0, 0.1) is 23.1 Å². The summed E-state index contributed by atoms with van der Waals surface area (Å²) in [5.74, 6) is 0.255. The molecule has 1 aliphatic carbocycles. The molecule has 0 unspecified atom stereocenters.